The zero-order valence-electron chi connectivity index (χ0n) is 11.5. The summed E-state index contributed by atoms with van der Waals surface area (Å²) in [6.07, 6.45) is 4.81. The minimum Gasteiger partial charge on any atom is -0.493 e. The van der Waals surface area contributed by atoms with Crippen molar-refractivity contribution in [2.45, 2.75) is 51.2 Å². The van der Waals surface area contributed by atoms with Gasteiger partial charge < -0.3 is 14.6 Å². The number of aliphatic hydroxyl groups is 1. The molecule has 1 N–H and O–H groups in total. The van der Waals surface area contributed by atoms with Gasteiger partial charge in [-0.2, -0.15) is 0 Å². The summed E-state index contributed by atoms with van der Waals surface area (Å²) in [5.74, 6) is 1.38. The Morgan fingerprint density at radius 1 is 1.37 bits per heavy atom. The third kappa shape index (κ3) is 3.54. The Hall–Kier alpha value is -0.930. The van der Waals surface area contributed by atoms with E-state index in [1.807, 2.05) is 6.07 Å². The van der Waals surface area contributed by atoms with Crippen LogP contribution in [0.4, 0.5) is 0 Å². The fourth-order valence-electron chi connectivity index (χ4n) is 2.53. The van der Waals surface area contributed by atoms with Gasteiger partial charge >= 0.3 is 0 Å². The van der Waals surface area contributed by atoms with E-state index in [2.05, 4.69) is 0 Å². The molecule has 0 aromatic heterocycles. The molecule has 3 nitrogen and oxygen atoms in total. The molecule has 2 rings (SSSR count). The second-order valence-corrected chi connectivity index (χ2v) is 5.54. The van der Waals surface area contributed by atoms with Crippen LogP contribution in [0, 0.1) is 0 Å². The largest absolute Gasteiger partial charge is 0.493 e. The second kappa shape index (κ2) is 6.49. The predicted molar refractivity (Wildman–Crippen MR) is 76.3 cm³/mol. The van der Waals surface area contributed by atoms with Crippen LogP contribution in [-0.2, 0) is 6.42 Å². The van der Waals surface area contributed by atoms with Crippen molar-refractivity contribution in [3.63, 3.8) is 0 Å². The number of benzene rings is 1. The molecule has 0 radical (unpaired) electrons. The highest BCUT2D eigenvalue weighted by Gasteiger charge is 2.22. The molecule has 19 heavy (non-hydrogen) atoms. The molecule has 0 amide bonds. The van der Waals surface area contributed by atoms with Crippen LogP contribution in [0.2, 0.25) is 5.02 Å². The molecule has 1 atom stereocenters. The van der Waals surface area contributed by atoms with Gasteiger partial charge in [0.2, 0.25) is 0 Å². The number of hydrogen-bond donors (Lipinski definition) is 1. The van der Waals surface area contributed by atoms with E-state index in [0.29, 0.717) is 22.9 Å². The minimum atomic E-state index is -0.462. The number of ether oxygens (including phenoxy) is 2. The lowest BCUT2D eigenvalue weighted by Gasteiger charge is -2.20. The molecule has 0 aliphatic heterocycles. The van der Waals surface area contributed by atoms with Crippen LogP contribution in [-0.4, -0.2) is 24.4 Å². The van der Waals surface area contributed by atoms with Gasteiger partial charge in [-0.15, -0.1) is 0 Å². The Bertz CT molecular complexity index is 426. The van der Waals surface area contributed by atoms with Gasteiger partial charge in [0.25, 0.3) is 0 Å². The summed E-state index contributed by atoms with van der Waals surface area (Å²) in [4.78, 5) is 0. The molecule has 0 bridgehead atoms. The van der Waals surface area contributed by atoms with Crippen molar-refractivity contribution in [1.29, 1.82) is 0 Å². The average molecular weight is 285 g/mol. The maximum absolute atomic E-state index is 9.62. The summed E-state index contributed by atoms with van der Waals surface area (Å²) in [6, 6.07) is 3.61. The Kier molecular flexibility index (Phi) is 4.94. The molecule has 1 aliphatic carbocycles. The summed E-state index contributed by atoms with van der Waals surface area (Å²) in [6.45, 7) is 1.75. The second-order valence-electron chi connectivity index (χ2n) is 5.13. The maximum atomic E-state index is 9.62. The summed E-state index contributed by atoms with van der Waals surface area (Å²) in [5, 5.41) is 10.2. The summed E-state index contributed by atoms with van der Waals surface area (Å²) < 4.78 is 11.5. The predicted octanol–water partition coefficient (Wildman–Crippen LogP) is 3.59. The minimum absolute atomic E-state index is 0.236. The Morgan fingerprint density at radius 2 is 2.05 bits per heavy atom. The van der Waals surface area contributed by atoms with Crippen LogP contribution >= 0.6 is 11.6 Å². The number of hydrogen-bond acceptors (Lipinski definition) is 3. The lowest BCUT2D eigenvalue weighted by atomic mass is 10.1. The maximum Gasteiger partial charge on any atom is 0.166 e. The SMILES string of the molecule is COc1ccc(Cl)c(CC(C)O)c1OC1CCCC1. The van der Waals surface area contributed by atoms with Crippen LogP contribution < -0.4 is 9.47 Å². The first-order valence-electron chi connectivity index (χ1n) is 6.82. The fraction of sp³-hybridized carbons (Fsp3) is 0.600. The van der Waals surface area contributed by atoms with Gasteiger partial charge in [-0.05, 0) is 44.7 Å². The normalized spacial score (nSPS) is 17.5. The Balaban J connectivity index is 2.32. The number of halogens is 1. The van der Waals surface area contributed by atoms with E-state index in [1.165, 1.54) is 12.8 Å². The van der Waals surface area contributed by atoms with Crippen LogP contribution in [0.3, 0.4) is 0 Å². The van der Waals surface area contributed by atoms with E-state index in [0.717, 1.165) is 18.4 Å². The van der Waals surface area contributed by atoms with Crippen molar-refractivity contribution in [2.24, 2.45) is 0 Å². The molecule has 1 fully saturated rings. The van der Waals surface area contributed by atoms with Crippen LogP contribution in [0.1, 0.15) is 38.2 Å². The van der Waals surface area contributed by atoms with E-state index >= 15 is 0 Å². The summed E-state index contributed by atoms with van der Waals surface area (Å²) >= 11 is 6.24. The topological polar surface area (TPSA) is 38.7 Å². The third-order valence-electron chi connectivity index (χ3n) is 3.47. The van der Waals surface area contributed by atoms with Gasteiger partial charge in [0.05, 0.1) is 19.3 Å². The average Bonchev–Trinajstić information content (AvgIpc) is 2.86. The third-order valence-corrected chi connectivity index (χ3v) is 3.83. The molecule has 0 saturated heterocycles. The standard InChI is InChI=1S/C15H21ClO3/c1-10(17)9-12-13(16)7-8-14(18-2)15(12)19-11-5-3-4-6-11/h7-8,10-11,17H,3-6,9H2,1-2H3. The van der Waals surface area contributed by atoms with Crippen LogP contribution in [0.15, 0.2) is 12.1 Å². The molecule has 1 unspecified atom stereocenters. The molecule has 1 saturated carbocycles. The van der Waals surface area contributed by atoms with Crippen molar-refractivity contribution in [1.82, 2.24) is 0 Å². The molecular formula is C15H21ClO3. The molecule has 1 aromatic carbocycles. The highest BCUT2D eigenvalue weighted by atomic mass is 35.5. The number of methoxy groups -OCH3 is 1. The fourth-order valence-corrected chi connectivity index (χ4v) is 2.76. The molecule has 4 heteroatoms. The Labute approximate surface area is 119 Å². The summed E-state index contributed by atoms with van der Waals surface area (Å²) in [5.41, 5.74) is 0.836. The van der Waals surface area contributed by atoms with Crippen molar-refractivity contribution in [2.75, 3.05) is 7.11 Å². The quantitative estimate of drug-likeness (QED) is 0.898. The zero-order valence-corrected chi connectivity index (χ0v) is 12.2. The molecule has 1 aromatic rings. The van der Waals surface area contributed by atoms with Gasteiger partial charge in [0.1, 0.15) is 0 Å². The molecule has 106 valence electrons. The highest BCUT2D eigenvalue weighted by Crippen LogP contribution is 2.39. The lowest BCUT2D eigenvalue weighted by molar-refractivity contribution is 0.181. The first-order valence-corrected chi connectivity index (χ1v) is 7.19. The molecule has 0 heterocycles. The molecular weight excluding hydrogens is 264 g/mol. The van der Waals surface area contributed by atoms with Gasteiger partial charge in [0.15, 0.2) is 11.5 Å². The lowest BCUT2D eigenvalue weighted by Crippen LogP contribution is -2.15. The van der Waals surface area contributed by atoms with E-state index in [-0.39, 0.29) is 6.10 Å². The van der Waals surface area contributed by atoms with Crippen LogP contribution in [0.5, 0.6) is 11.5 Å². The van der Waals surface area contributed by atoms with Crippen molar-refractivity contribution < 1.29 is 14.6 Å². The Morgan fingerprint density at radius 3 is 2.63 bits per heavy atom. The van der Waals surface area contributed by atoms with E-state index in [4.69, 9.17) is 21.1 Å². The smallest absolute Gasteiger partial charge is 0.166 e. The zero-order chi connectivity index (χ0) is 13.8. The van der Waals surface area contributed by atoms with Gasteiger partial charge in [-0.1, -0.05) is 11.6 Å². The van der Waals surface area contributed by atoms with E-state index < -0.39 is 6.10 Å². The number of aliphatic hydroxyl groups excluding tert-OH is 1. The number of rotatable bonds is 5. The van der Waals surface area contributed by atoms with E-state index in [1.54, 1.807) is 20.1 Å². The molecule has 0 spiro atoms. The summed E-state index contributed by atoms with van der Waals surface area (Å²) in [7, 11) is 1.62. The van der Waals surface area contributed by atoms with Gasteiger partial charge in [0, 0.05) is 17.0 Å². The van der Waals surface area contributed by atoms with Crippen molar-refractivity contribution in [3.05, 3.63) is 22.7 Å². The highest BCUT2D eigenvalue weighted by molar-refractivity contribution is 6.31. The first-order chi connectivity index (χ1) is 9.11. The molecule has 1 aliphatic rings. The monoisotopic (exact) mass is 284 g/mol. The van der Waals surface area contributed by atoms with Gasteiger partial charge in [-0.3, -0.25) is 0 Å². The van der Waals surface area contributed by atoms with Crippen molar-refractivity contribution >= 4 is 11.6 Å². The van der Waals surface area contributed by atoms with E-state index in [9.17, 15) is 5.11 Å². The van der Waals surface area contributed by atoms with Crippen molar-refractivity contribution in [3.8, 4) is 11.5 Å². The van der Waals surface area contributed by atoms with Crippen LogP contribution in [0.25, 0.3) is 0 Å². The first kappa shape index (κ1) is 14.5. The van der Waals surface area contributed by atoms with Gasteiger partial charge in [-0.25, -0.2) is 0 Å².